The largest absolute Gasteiger partial charge is 0.380 e. The zero-order valence-corrected chi connectivity index (χ0v) is 13.1. The molecule has 3 rings (SSSR count). The number of hydrogen-bond acceptors (Lipinski definition) is 6. The van der Waals surface area contributed by atoms with E-state index in [1.165, 1.54) is 12.4 Å². The summed E-state index contributed by atoms with van der Waals surface area (Å²) in [5, 5.41) is 3.55. The highest BCUT2D eigenvalue weighted by molar-refractivity contribution is 6.21. The van der Waals surface area contributed by atoms with Crippen LogP contribution in [0.2, 0.25) is 0 Å². The topological polar surface area (TPSA) is 115 Å². The average Bonchev–Trinajstić information content (AvgIpc) is 2.89. The first kappa shape index (κ1) is 16.3. The highest BCUT2D eigenvalue weighted by atomic mass is 16.7. The molecule has 2 N–H and O–H groups in total. The van der Waals surface area contributed by atoms with Gasteiger partial charge in [-0.2, -0.15) is 0 Å². The number of carbonyl (C=O) groups is 3. The van der Waals surface area contributed by atoms with Gasteiger partial charge in [-0.05, 0) is 24.3 Å². The summed E-state index contributed by atoms with van der Waals surface area (Å²) >= 11 is 0. The van der Waals surface area contributed by atoms with Crippen LogP contribution in [0.5, 0.6) is 0 Å². The molecule has 8 heteroatoms. The fourth-order valence-electron chi connectivity index (χ4n) is 2.37. The molecule has 0 unspecified atom stereocenters. The van der Waals surface area contributed by atoms with Crippen LogP contribution < -0.4 is 5.73 Å². The van der Waals surface area contributed by atoms with Gasteiger partial charge in [-0.25, -0.2) is 4.79 Å². The van der Waals surface area contributed by atoms with Crippen LogP contribution in [0.1, 0.15) is 32.7 Å². The van der Waals surface area contributed by atoms with E-state index in [9.17, 15) is 14.4 Å². The van der Waals surface area contributed by atoms with E-state index in [1.807, 2.05) is 0 Å². The first-order valence-electron chi connectivity index (χ1n) is 7.47. The van der Waals surface area contributed by atoms with Crippen LogP contribution in [-0.2, 0) is 9.63 Å². The third kappa shape index (κ3) is 3.37. The molecule has 0 saturated carbocycles. The Labute approximate surface area is 142 Å². The highest BCUT2D eigenvalue weighted by Crippen LogP contribution is 2.22. The van der Waals surface area contributed by atoms with Crippen molar-refractivity contribution in [2.45, 2.75) is 6.42 Å². The molecule has 0 aliphatic carbocycles. The number of benzene rings is 1. The molecule has 0 atom stereocenters. The van der Waals surface area contributed by atoms with Crippen molar-refractivity contribution in [2.75, 3.05) is 6.54 Å². The van der Waals surface area contributed by atoms with E-state index in [0.717, 1.165) is 4.90 Å². The Morgan fingerprint density at radius 2 is 1.68 bits per heavy atom. The Morgan fingerprint density at radius 3 is 2.28 bits per heavy atom. The number of nitrogens with zero attached hydrogens (tertiary/aromatic N) is 3. The summed E-state index contributed by atoms with van der Waals surface area (Å²) in [5.41, 5.74) is 6.92. The second-order valence-electron chi connectivity index (χ2n) is 5.23. The van der Waals surface area contributed by atoms with Gasteiger partial charge in [0.25, 0.3) is 11.8 Å². The molecule has 1 aromatic carbocycles. The number of fused-ring (bicyclic) bond motifs is 1. The first-order chi connectivity index (χ1) is 12.1. The van der Waals surface area contributed by atoms with Crippen LogP contribution in [-0.4, -0.2) is 40.0 Å². The molecule has 2 heterocycles. The monoisotopic (exact) mass is 338 g/mol. The number of aromatic nitrogens is 1. The van der Waals surface area contributed by atoms with E-state index < -0.39 is 17.8 Å². The molecule has 0 spiro atoms. The summed E-state index contributed by atoms with van der Waals surface area (Å²) < 4.78 is 0. The second kappa shape index (κ2) is 6.91. The van der Waals surface area contributed by atoms with Crippen LogP contribution in [0.25, 0.3) is 0 Å². The number of pyridine rings is 1. The minimum atomic E-state index is -0.700. The maximum absolute atomic E-state index is 12.2. The predicted molar refractivity (Wildman–Crippen MR) is 87.5 cm³/mol. The predicted octanol–water partition coefficient (Wildman–Crippen LogP) is 0.931. The molecular formula is C17H14N4O4. The van der Waals surface area contributed by atoms with E-state index >= 15 is 0 Å². The standard InChI is InChI=1S/C17H14N4O4/c18-15(11-5-8-19-9-6-11)20-25-14(22)7-10-21-16(23)12-3-1-2-4-13(12)17(21)24/h1-6,8-9H,7,10H2,(H2,18,20). The number of amides is 2. The minimum absolute atomic E-state index is 0.0245. The van der Waals surface area contributed by atoms with E-state index in [4.69, 9.17) is 10.6 Å². The van der Waals surface area contributed by atoms with E-state index in [2.05, 4.69) is 10.1 Å². The summed E-state index contributed by atoms with van der Waals surface area (Å²) in [6, 6.07) is 9.74. The molecule has 1 aliphatic rings. The number of imide groups is 1. The Kier molecular flexibility index (Phi) is 4.51. The van der Waals surface area contributed by atoms with Crippen molar-refractivity contribution in [3.8, 4) is 0 Å². The average molecular weight is 338 g/mol. The summed E-state index contributed by atoms with van der Waals surface area (Å²) in [4.78, 5) is 45.7. The number of carbonyl (C=O) groups excluding carboxylic acids is 3. The summed E-state index contributed by atoms with van der Waals surface area (Å²) in [6.07, 6.45) is 2.88. The van der Waals surface area contributed by atoms with Crippen LogP contribution in [0.4, 0.5) is 0 Å². The molecular weight excluding hydrogens is 324 g/mol. The minimum Gasteiger partial charge on any atom is -0.380 e. The van der Waals surface area contributed by atoms with Crippen molar-refractivity contribution in [1.29, 1.82) is 0 Å². The fourth-order valence-corrected chi connectivity index (χ4v) is 2.37. The lowest BCUT2D eigenvalue weighted by atomic mass is 10.1. The Morgan fingerprint density at radius 1 is 1.08 bits per heavy atom. The summed E-state index contributed by atoms with van der Waals surface area (Å²) in [5.74, 6) is -1.52. The van der Waals surface area contributed by atoms with Gasteiger partial charge >= 0.3 is 5.97 Å². The van der Waals surface area contributed by atoms with Crippen molar-refractivity contribution in [1.82, 2.24) is 9.88 Å². The molecule has 126 valence electrons. The number of hydrogen-bond donors (Lipinski definition) is 1. The molecule has 8 nitrogen and oxygen atoms in total. The van der Waals surface area contributed by atoms with Gasteiger partial charge in [0.2, 0.25) is 0 Å². The number of amidine groups is 1. The maximum Gasteiger partial charge on any atom is 0.336 e. The first-order valence-corrected chi connectivity index (χ1v) is 7.47. The van der Waals surface area contributed by atoms with Gasteiger partial charge in [0.15, 0.2) is 5.84 Å². The Balaban J connectivity index is 1.57. The maximum atomic E-state index is 12.2. The molecule has 0 saturated heterocycles. The second-order valence-corrected chi connectivity index (χ2v) is 5.23. The van der Waals surface area contributed by atoms with Crippen molar-refractivity contribution in [3.63, 3.8) is 0 Å². The lowest BCUT2D eigenvalue weighted by Crippen LogP contribution is -2.32. The normalized spacial score (nSPS) is 13.8. The van der Waals surface area contributed by atoms with Crippen LogP contribution in [0.3, 0.4) is 0 Å². The molecule has 1 aliphatic heterocycles. The van der Waals surface area contributed by atoms with Crippen LogP contribution in [0, 0.1) is 0 Å². The van der Waals surface area contributed by atoms with Crippen molar-refractivity contribution in [2.24, 2.45) is 10.9 Å². The van der Waals surface area contributed by atoms with E-state index in [1.54, 1.807) is 36.4 Å². The third-order valence-electron chi connectivity index (χ3n) is 3.64. The zero-order valence-electron chi connectivity index (χ0n) is 13.1. The van der Waals surface area contributed by atoms with Crippen molar-refractivity contribution >= 4 is 23.6 Å². The quantitative estimate of drug-likeness (QED) is 0.285. The number of rotatable bonds is 5. The lowest BCUT2D eigenvalue weighted by molar-refractivity contribution is -0.143. The number of oxime groups is 1. The van der Waals surface area contributed by atoms with Gasteiger partial charge in [-0.15, -0.1) is 0 Å². The fraction of sp³-hybridized carbons (Fsp3) is 0.118. The third-order valence-corrected chi connectivity index (χ3v) is 3.64. The zero-order chi connectivity index (χ0) is 17.8. The van der Waals surface area contributed by atoms with Gasteiger partial charge < -0.3 is 10.6 Å². The van der Waals surface area contributed by atoms with Gasteiger partial charge in [0.1, 0.15) is 0 Å². The Hall–Kier alpha value is -3.55. The van der Waals surface area contributed by atoms with Crippen molar-refractivity contribution in [3.05, 3.63) is 65.5 Å². The molecule has 2 amide bonds. The molecule has 0 radical (unpaired) electrons. The lowest BCUT2D eigenvalue weighted by Gasteiger charge is -2.12. The summed E-state index contributed by atoms with van der Waals surface area (Å²) in [7, 11) is 0. The van der Waals surface area contributed by atoms with E-state index in [0.29, 0.717) is 16.7 Å². The van der Waals surface area contributed by atoms with Crippen molar-refractivity contribution < 1.29 is 19.2 Å². The Bertz CT molecular complexity index is 829. The molecule has 25 heavy (non-hydrogen) atoms. The smallest absolute Gasteiger partial charge is 0.336 e. The van der Waals surface area contributed by atoms with Crippen LogP contribution >= 0.6 is 0 Å². The highest BCUT2D eigenvalue weighted by Gasteiger charge is 2.35. The number of nitrogens with two attached hydrogens (primary N) is 1. The SMILES string of the molecule is NC(=NOC(=O)CCN1C(=O)c2ccccc2C1=O)c1ccncc1. The molecule has 0 bridgehead atoms. The van der Waals surface area contributed by atoms with Gasteiger partial charge in [-0.3, -0.25) is 19.5 Å². The van der Waals surface area contributed by atoms with E-state index in [-0.39, 0.29) is 18.8 Å². The molecule has 0 fully saturated rings. The van der Waals surface area contributed by atoms with Gasteiger partial charge in [0.05, 0.1) is 17.5 Å². The van der Waals surface area contributed by atoms with Crippen LogP contribution in [0.15, 0.2) is 53.9 Å². The van der Waals surface area contributed by atoms with Gasteiger partial charge in [0, 0.05) is 24.5 Å². The summed E-state index contributed by atoms with van der Waals surface area (Å²) in [6.45, 7) is -0.0874. The molecule has 2 aromatic rings. The molecule has 1 aromatic heterocycles. The van der Waals surface area contributed by atoms with Gasteiger partial charge in [-0.1, -0.05) is 17.3 Å².